The summed E-state index contributed by atoms with van der Waals surface area (Å²) in [5, 5.41) is 6.38. The second kappa shape index (κ2) is 6.40. The van der Waals surface area contributed by atoms with Crippen LogP contribution in [0.5, 0.6) is 0 Å². The maximum Gasteiger partial charge on any atom is 0.243 e. The lowest BCUT2D eigenvalue weighted by Crippen LogP contribution is -2.56. The van der Waals surface area contributed by atoms with E-state index in [0.717, 1.165) is 37.4 Å². The van der Waals surface area contributed by atoms with Crippen molar-refractivity contribution in [2.45, 2.75) is 63.1 Å². The molecule has 1 aromatic rings. The van der Waals surface area contributed by atoms with E-state index in [0.29, 0.717) is 23.9 Å². The Morgan fingerprint density at radius 3 is 2.74 bits per heavy atom. The molecule has 1 amide bonds. The normalized spacial score (nSPS) is 36.9. The Morgan fingerprint density at radius 2 is 2.04 bits per heavy atom. The minimum atomic E-state index is -0.0440. The van der Waals surface area contributed by atoms with Crippen molar-refractivity contribution in [1.82, 2.24) is 10.3 Å². The van der Waals surface area contributed by atoms with Crippen molar-refractivity contribution in [3.05, 3.63) is 11.6 Å². The van der Waals surface area contributed by atoms with E-state index < -0.39 is 0 Å². The van der Waals surface area contributed by atoms with Gasteiger partial charge in [-0.05, 0) is 50.4 Å². The van der Waals surface area contributed by atoms with Crippen molar-refractivity contribution in [3.8, 4) is 0 Å². The zero-order valence-corrected chi connectivity index (χ0v) is 14.3. The van der Waals surface area contributed by atoms with Crippen LogP contribution in [0.2, 0.25) is 0 Å². The Balaban J connectivity index is 1.45. The predicted octanol–water partition coefficient (Wildman–Crippen LogP) is 2.13. The smallest absolute Gasteiger partial charge is 0.243 e. The minimum absolute atomic E-state index is 0.0440. The molecule has 3 atom stereocenters. The summed E-state index contributed by atoms with van der Waals surface area (Å²) in [4.78, 5) is 19.5. The van der Waals surface area contributed by atoms with E-state index >= 15 is 0 Å². The van der Waals surface area contributed by atoms with E-state index in [-0.39, 0.29) is 11.9 Å². The molecule has 23 heavy (non-hydrogen) atoms. The quantitative estimate of drug-likeness (QED) is 0.888. The van der Waals surface area contributed by atoms with Crippen molar-refractivity contribution in [2.24, 2.45) is 17.6 Å². The third-order valence-electron chi connectivity index (χ3n) is 5.91. The van der Waals surface area contributed by atoms with E-state index in [4.69, 9.17) is 5.73 Å². The van der Waals surface area contributed by atoms with Gasteiger partial charge in [0.05, 0.1) is 0 Å². The molecule has 3 aliphatic rings. The molecule has 6 heteroatoms. The Labute approximate surface area is 141 Å². The first kappa shape index (κ1) is 15.4. The SMILES string of the molecule is NC1CC2CCCC(C1)C2NC(=O)C1CCCN1c1nccs1. The van der Waals surface area contributed by atoms with E-state index in [9.17, 15) is 4.79 Å². The highest BCUT2D eigenvalue weighted by Gasteiger charge is 2.42. The average Bonchev–Trinajstić information content (AvgIpc) is 3.18. The first-order valence-corrected chi connectivity index (χ1v) is 9.82. The number of hydrogen-bond donors (Lipinski definition) is 2. The maximum absolute atomic E-state index is 12.9. The van der Waals surface area contributed by atoms with Gasteiger partial charge in [-0.15, -0.1) is 11.3 Å². The molecular weight excluding hydrogens is 308 g/mol. The van der Waals surface area contributed by atoms with Gasteiger partial charge in [-0.2, -0.15) is 0 Å². The molecule has 0 spiro atoms. The van der Waals surface area contributed by atoms with Crippen LogP contribution in [0.25, 0.3) is 0 Å². The highest BCUT2D eigenvalue weighted by atomic mass is 32.1. The molecule has 1 aromatic heterocycles. The fourth-order valence-electron chi connectivity index (χ4n) is 4.91. The minimum Gasteiger partial charge on any atom is -0.351 e. The van der Waals surface area contributed by atoms with Crippen LogP contribution in [0.4, 0.5) is 5.13 Å². The molecule has 0 aromatic carbocycles. The number of rotatable bonds is 3. The molecule has 5 nitrogen and oxygen atoms in total. The molecular formula is C17H26N4OS. The molecule has 1 aliphatic heterocycles. The van der Waals surface area contributed by atoms with Gasteiger partial charge in [0, 0.05) is 30.2 Å². The third-order valence-corrected chi connectivity index (χ3v) is 6.71. The summed E-state index contributed by atoms with van der Waals surface area (Å²) in [5.74, 6) is 1.36. The Morgan fingerprint density at radius 1 is 1.26 bits per heavy atom. The van der Waals surface area contributed by atoms with Crippen LogP contribution in [-0.2, 0) is 4.79 Å². The van der Waals surface area contributed by atoms with Gasteiger partial charge >= 0.3 is 0 Å². The number of carbonyl (C=O) groups excluding carboxylic acids is 1. The van der Waals surface area contributed by atoms with Crippen molar-refractivity contribution in [1.29, 1.82) is 0 Å². The summed E-state index contributed by atoms with van der Waals surface area (Å²) in [6.45, 7) is 0.938. The third kappa shape index (κ3) is 2.98. The van der Waals surface area contributed by atoms with Crippen molar-refractivity contribution in [3.63, 3.8) is 0 Å². The molecule has 0 radical (unpaired) electrons. The molecule has 2 aliphatic carbocycles. The summed E-state index contributed by atoms with van der Waals surface area (Å²) in [7, 11) is 0. The molecule has 3 fully saturated rings. The number of nitrogens with one attached hydrogen (secondary N) is 1. The van der Waals surface area contributed by atoms with E-state index in [1.54, 1.807) is 11.3 Å². The van der Waals surface area contributed by atoms with Gasteiger partial charge < -0.3 is 16.0 Å². The molecule has 3 unspecified atom stereocenters. The van der Waals surface area contributed by atoms with Gasteiger partial charge in [0.2, 0.25) is 5.91 Å². The van der Waals surface area contributed by atoms with Crippen LogP contribution in [0.1, 0.15) is 44.9 Å². The molecule has 1 saturated heterocycles. The number of carbonyl (C=O) groups is 1. The van der Waals surface area contributed by atoms with Crippen molar-refractivity contribution in [2.75, 3.05) is 11.4 Å². The summed E-state index contributed by atoms with van der Waals surface area (Å²) in [6.07, 6.45) is 9.70. The van der Waals surface area contributed by atoms with Crippen LogP contribution in [0, 0.1) is 11.8 Å². The van der Waals surface area contributed by atoms with E-state index in [1.807, 2.05) is 11.6 Å². The lowest BCUT2D eigenvalue weighted by atomic mass is 9.67. The van der Waals surface area contributed by atoms with Crippen LogP contribution in [-0.4, -0.2) is 35.6 Å². The van der Waals surface area contributed by atoms with E-state index in [2.05, 4.69) is 15.2 Å². The standard InChI is InChI=1S/C17H26N4OS/c18-13-9-11-3-1-4-12(10-13)15(11)20-16(22)14-5-2-7-21(14)17-19-6-8-23-17/h6,8,11-15H,1-5,7,9-10,18H2,(H,20,22). The van der Waals surface area contributed by atoms with Gasteiger partial charge in [-0.25, -0.2) is 4.98 Å². The highest BCUT2D eigenvalue weighted by Crippen LogP contribution is 2.40. The summed E-state index contributed by atoms with van der Waals surface area (Å²) in [6, 6.07) is 0.629. The second-order valence-corrected chi connectivity index (χ2v) is 8.26. The van der Waals surface area contributed by atoms with Crippen LogP contribution in [0.15, 0.2) is 11.6 Å². The van der Waals surface area contributed by atoms with Gasteiger partial charge in [0.1, 0.15) is 6.04 Å². The van der Waals surface area contributed by atoms with Gasteiger partial charge in [0.25, 0.3) is 0 Å². The molecule has 4 rings (SSSR count). The number of fused-ring (bicyclic) bond motifs is 2. The zero-order chi connectivity index (χ0) is 15.8. The van der Waals surface area contributed by atoms with Crippen molar-refractivity contribution < 1.29 is 4.79 Å². The highest BCUT2D eigenvalue weighted by molar-refractivity contribution is 7.13. The van der Waals surface area contributed by atoms with Crippen LogP contribution < -0.4 is 16.0 Å². The first-order valence-electron chi connectivity index (χ1n) is 8.94. The Hall–Kier alpha value is -1.14. The van der Waals surface area contributed by atoms with Gasteiger partial charge in [-0.1, -0.05) is 6.42 Å². The van der Waals surface area contributed by atoms with Gasteiger partial charge in [-0.3, -0.25) is 4.79 Å². The average molecular weight is 334 g/mol. The number of aromatic nitrogens is 1. The lowest BCUT2D eigenvalue weighted by molar-refractivity contribution is -0.124. The topological polar surface area (TPSA) is 71.2 Å². The maximum atomic E-state index is 12.9. The number of nitrogens with zero attached hydrogens (tertiary/aromatic N) is 2. The zero-order valence-electron chi connectivity index (χ0n) is 13.5. The fraction of sp³-hybridized carbons (Fsp3) is 0.765. The van der Waals surface area contributed by atoms with Crippen molar-refractivity contribution >= 4 is 22.4 Å². The molecule has 2 saturated carbocycles. The number of thiazole rings is 1. The fourth-order valence-corrected chi connectivity index (χ4v) is 5.63. The largest absolute Gasteiger partial charge is 0.351 e. The predicted molar refractivity (Wildman–Crippen MR) is 92.5 cm³/mol. The molecule has 126 valence electrons. The van der Waals surface area contributed by atoms with E-state index in [1.165, 1.54) is 19.3 Å². The summed E-state index contributed by atoms with van der Waals surface area (Å²) in [5.41, 5.74) is 6.20. The van der Waals surface area contributed by atoms with Crippen LogP contribution >= 0.6 is 11.3 Å². The summed E-state index contributed by atoms with van der Waals surface area (Å²) >= 11 is 1.62. The first-order chi connectivity index (χ1) is 11.2. The molecule has 2 bridgehead atoms. The van der Waals surface area contributed by atoms with Crippen LogP contribution in [0.3, 0.4) is 0 Å². The number of hydrogen-bond acceptors (Lipinski definition) is 5. The molecule has 3 N–H and O–H groups in total. The summed E-state index contributed by atoms with van der Waals surface area (Å²) < 4.78 is 0. The molecule has 2 heterocycles. The number of amides is 1. The number of nitrogens with two attached hydrogens (primary N) is 1. The number of anilines is 1. The second-order valence-electron chi connectivity index (χ2n) is 7.38. The lowest BCUT2D eigenvalue weighted by Gasteiger charge is -2.45. The monoisotopic (exact) mass is 334 g/mol. The van der Waals surface area contributed by atoms with Gasteiger partial charge in [0.15, 0.2) is 5.13 Å². The Bertz CT molecular complexity index is 535. The Kier molecular flexibility index (Phi) is 4.28.